The van der Waals surface area contributed by atoms with Crippen LogP contribution >= 0.6 is 11.8 Å². The molecule has 0 spiro atoms. The van der Waals surface area contributed by atoms with E-state index in [4.69, 9.17) is 0 Å². The van der Waals surface area contributed by atoms with Gasteiger partial charge in [-0.2, -0.15) is 11.8 Å². The van der Waals surface area contributed by atoms with Gasteiger partial charge >= 0.3 is 0 Å². The summed E-state index contributed by atoms with van der Waals surface area (Å²) in [6.07, 6.45) is 2.42. The third-order valence-electron chi connectivity index (χ3n) is 3.50. The molecule has 0 aliphatic carbocycles. The van der Waals surface area contributed by atoms with Crippen LogP contribution < -0.4 is 5.32 Å². The minimum atomic E-state index is 0.465. The van der Waals surface area contributed by atoms with Gasteiger partial charge < -0.3 is 5.32 Å². The zero-order chi connectivity index (χ0) is 14.3. The van der Waals surface area contributed by atoms with Crippen molar-refractivity contribution in [3.05, 3.63) is 35.4 Å². The van der Waals surface area contributed by atoms with E-state index >= 15 is 0 Å². The Morgan fingerprint density at radius 2 is 1.74 bits per heavy atom. The topological polar surface area (TPSA) is 12.0 Å². The molecular formula is C17H29NS. The molecule has 1 aromatic carbocycles. The largest absolute Gasteiger partial charge is 0.312 e. The van der Waals surface area contributed by atoms with E-state index in [1.807, 2.05) is 0 Å². The quantitative estimate of drug-likeness (QED) is 0.741. The van der Waals surface area contributed by atoms with Crippen LogP contribution in [0.15, 0.2) is 24.3 Å². The van der Waals surface area contributed by atoms with Gasteiger partial charge in [-0.3, -0.25) is 0 Å². The Bertz CT molecular complexity index is 345. The molecule has 1 N–H and O–H groups in total. The van der Waals surface area contributed by atoms with Crippen LogP contribution in [0.5, 0.6) is 0 Å². The second-order valence-corrected chi connectivity index (χ2v) is 7.20. The second kappa shape index (κ2) is 8.65. The van der Waals surface area contributed by atoms with Gasteiger partial charge in [0.1, 0.15) is 0 Å². The zero-order valence-electron chi connectivity index (χ0n) is 13.1. The normalized spacial score (nSPS) is 14.6. The summed E-state index contributed by atoms with van der Waals surface area (Å²) in [5.41, 5.74) is 2.86. The van der Waals surface area contributed by atoms with Crippen LogP contribution in [0, 0.1) is 5.92 Å². The molecule has 0 heterocycles. The first-order chi connectivity index (χ1) is 9.06. The molecule has 0 saturated carbocycles. The van der Waals surface area contributed by atoms with Gasteiger partial charge in [-0.25, -0.2) is 0 Å². The molecule has 2 unspecified atom stereocenters. The number of thioether (sulfide) groups is 1. The Hall–Kier alpha value is -0.470. The molecule has 0 aromatic heterocycles. The van der Waals surface area contributed by atoms with Crippen LogP contribution in [0.2, 0.25) is 0 Å². The molecule has 2 heteroatoms. The van der Waals surface area contributed by atoms with Gasteiger partial charge in [0.2, 0.25) is 0 Å². The summed E-state index contributed by atoms with van der Waals surface area (Å²) >= 11 is 2.06. The molecule has 19 heavy (non-hydrogen) atoms. The zero-order valence-corrected chi connectivity index (χ0v) is 13.9. The highest BCUT2D eigenvalue weighted by atomic mass is 32.2. The minimum absolute atomic E-state index is 0.465. The third-order valence-corrected chi connectivity index (χ3v) is 4.92. The highest BCUT2D eigenvalue weighted by Gasteiger charge is 2.11. The predicted molar refractivity (Wildman–Crippen MR) is 89.0 cm³/mol. The van der Waals surface area contributed by atoms with Crippen molar-refractivity contribution in [1.29, 1.82) is 0 Å². The second-order valence-electron chi connectivity index (χ2n) is 5.73. The third kappa shape index (κ3) is 6.01. The van der Waals surface area contributed by atoms with Crippen molar-refractivity contribution in [1.82, 2.24) is 5.32 Å². The Labute approximate surface area is 123 Å². The Morgan fingerprint density at radius 3 is 2.21 bits per heavy atom. The molecule has 0 saturated heterocycles. The molecule has 1 aromatic rings. The summed E-state index contributed by atoms with van der Waals surface area (Å²) in [4.78, 5) is 0. The highest BCUT2D eigenvalue weighted by molar-refractivity contribution is 7.99. The number of hydrogen-bond donors (Lipinski definition) is 1. The van der Waals surface area contributed by atoms with Gasteiger partial charge in [0.15, 0.2) is 0 Å². The first-order valence-electron chi connectivity index (χ1n) is 7.44. The average molecular weight is 279 g/mol. The van der Waals surface area contributed by atoms with E-state index in [0.717, 1.165) is 16.9 Å². The molecule has 108 valence electrons. The minimum Gasteiger partial charge on any atom is -0.312 e. The number of nitrogens with one attached hydrogen (secondary N) is 1. The lowest BCUT2D eigenvalue weighted by molar-refractivity contribution is 0.643. The molecule has 1 rings (SSSR count). The van der Waals surface area contributed by atoms with E-state index in [9.17, 15) is 0 Å². The maximum Gasteiger partial charge on any atom is 0.0409 e. The van der Waals surface area contributed by atoms with Crippen molar-refractivity contribution in [3.63, 3.8) is 0 Å². The van der Waals surface area contributed by atoms with E-state index in [1.54, 1.807) is 0 Å². The number of benzene rings is 1. The summed E-state index contributed by atoms with van der Waals surface area (Å²) < 4.78 is 0. The summed E-state index contributed by atoms with van der Waals surface area (Å²) in [7, 11) is 2.06. The standard InChI is InChI=1S/C17H29NS/c1-6-14(4)19-12-17(18-5)16-9-7-15(8-10-16)11-13(2)3/h7-10,13-14,17-18H,6,11-12H2,1-5H3. The lowest BCUT2D eigenvalue weighted by Gasteiger charge is -2.19. The molecule has 0 aliphatic heterocycles. The monoisotopic (exact) mass is 279 g/mol. The Kier molecular flexibility index (Phi) is 7.55. The van der Waals surface area contributed by atoms with Crippen LogP contribution in [0.4, 0.5) is 0 Å². The van der Waals surface area contributed by atoms with E-state index in [-0.39, 0.29) is 0 Å². The van der Waals surface area contributed by atoms with Crippen molar-refractivity contribution < 1.29 is 0 Å². The van der Waals surface area contributed by atoms with Crippen LogP contribution in [-0.4, -0.2) is 18.1 Å². The fourth-order valence-electron chi connectivity index (χ4n) is 2.08. The molecule has 1 nitrogen and oxygen atoms in total. The highest BCUT2D eigenvalue weighted by Crippen LogP contribution is 2.23. The summed E-state index contributed by atoms with van der Waals surface area (Å²) in [5.74, 6) is 1.88. The molecular weight excluding hydrogens is 250 g/mol. The molecule has 0 fully saturated rings. The lowest BCUT2D eigenvalue weighted by Crippen LogP contribution is -2.19. The first-order valence-corrected chi connectivity index (χ1v) is 8.49. The predicted octanol–water partition coefficient (Wildman–Crippen LogP) is 4.68. The average Bonchev–Trinajstić information content (AvgIpc) is 2.40. The number of rotatable bonds is 8. The SMILES string of the molecule is CCC(C)SCC(NC)c1ccc(CC(C)C)cc1. The number of hydrogen-bond acceptors (Lipinski definition) is 2. The Balaban J connectivity index is 2.60. The van der Waals surface area contributed by atoms with Gasteiger partial charge in [0.05, 0.1) is 0 Å². The van der Waals surface area contributed by atoms with Gasteiger partial charge in [-0.1, -0.05) is 52.0 Å². The maximum atomic E-state index is 3.44. The molecule has 0 bridgehead atoms. The van der Waals surface area contributed by atoms with Crippen molar-refractivity contribution in [3.8, 4) is 0 Å². The Morgan fingerprint density at radius 1 is 1.11 bits per heavy atom. The molecule has 2 atom stereocenters. The summed E-state index contributed by atoms with van der Waals surface area (Å²) in [6.45, 7) is 9.11. The van der Waals surface area contributed by atoms with Crippen molar-refractivity contribution >= 4 is 11.8 Å². The summed E-state index contributed by atoms with van der Waals surface area (Å²) in [6, 6.07) is 9.61. The van der Waals surface area contributed by atoms with Gasteiger partial charge in [0, 0.05) is 17.0 Å². The van der Waals surface area contributed by atoms with E-state index in [2.05, 4.69) is 76.1 Å². The summed E-state index contributed by atoms with van der Waals surface area (Å²) in [5, 5.41) is 4.18. The molecule has 0 radical (unpaired) electrons. The smallest absolute Gasteiger partial charge is 0.0409 e. The molecule has 0 aliphatic rings. The van der Waals surface area contributed by atoms with Crippen LogP contribution in [-0.2, 0) is 6.42 Å². The lowest BCUT2D eigenvalue weighted by atomic mass is 10.00. The van der Waals surface area contributed by atoms with E-state index in [1.165, 1.54) is 24.0 Å². The van der Waals surface area contributed by atoms with E-state index < -0.39 is 0 Å². The van der Waals surface area contributed by atoms with E-state index in [0.29, 0.717) is 6.04 Å². The van der Waals surface area contributed by atoms with Crippen LogP contribution in [0.25, 0.3) is 0 Å². The van der Waals surface area contributed by atoms with Crippen LogP contribution in [0.1, 0.15) is 51.3 Å². The van der Waals surface area contributed by atoms with Gasteiger partial charge in [-0.05, 0) is 36.9 Å². The van der Waals surface area contributed by atoms with Gasteiger partial charge in [0.25, 0.3) is 0 Å². The molecule has 0 amide bonds. The fourth-order valence-corrected chi connectivity index (χ4v) is 3.20. The first kappa shape index (κ1) is 16.6. The van der Waals surface area contributed by atoms with Crippen molar-refractivity contribution in [2.75, 3.05) is 12.8 Å². The maximum absolute atomic E-state index is 3.44. The van der Waals surface area contributed by atoms with Crippen molar-refractivity contribution in [2.24, 2.45) is 5.92 Å². The van der Waals surface area contributed by atoms with Crippen LogP contribution in [0.3, 0.4) is 0 Å². The fraction of sp³-hybridized carbons (Fsp3) is 0.647. The van der Waals surface area contributed by atoms with Gasteiger partial charge in [-0.15, -0.1) is 0 Å². The van der Waals surface area contributed by atoms with Crippen molar-refractivity contribution in [2.45, 2.75) is 51.8 Å².